The van der Waals surface area contributed by atoms with Crippen molar-refractivity contribution in [2.45, 2.75) is 6.92 Å². The average Bonchev–Trinajstić information content (AvgIpc) is 2.46. The molecule has 0 aliphatic rings. The Hall–Kier alpha value is -2.49. The van der Waals surface area contributed by atoms with Crippen molar-refractivity contribution < 1.29 is 9.53 Å². The molecule has 104 valence electrons. The molecular weight excluding hydrogens is 252 g/mol. The van der Waals surface area contributed by atoms with Gasteiger partial charge in [-0.15, -0.1) is 0 Å². The summed E-state index contributed by atoms with van der Waals surface area (Å²) in [5, 5.41) is 0. The monoisotopic (exact) mass is 270 g/mol. The van der Waals surface area contributed by atoms with Crippen LogP contribution in [0.15, 0.2) is 42.5 Å². The van der Waals surface area contributed by atoms with Gasteiger partial charge in [-0.05, 0) is 55.0 Å². The molecule has 0 atom stereocenters. The second-order valence-electron chi connectivity index (χ2n) is 4.64. The highest BCUT2D eigenvalue weighted by Crippen LogP contribution is 2.21. The van der Waals surface area contributed by atoms with E-state index in [2.05, 4.69) is 0 Å². The molecule has 0 spiro atoms. The lowest BCUT2D eigenvalue weighted by atomic mass is 10.1. The summed E-state index contributed by atoms with van der Waals surface area (Å²) < 4.78 is 5.11. The van der Waals surface area contributed by atoms with Crippen LogP contribution in [-0.2, 0) is 0 Å². The SMILES string of the molecule is COc1ccc(N(C)C(=O)c2ccc(N)cc2C)cc1. The zero-order chi connectivity index (χ0) is 14.7. The highest BCUT2D eigenvalue weighted by atomic mass is 16.5. The minimum Gasteiger partial charge on any atom is -0.497 e. The first-order valence-corrected chi connectivity index (χ1v) is 6.31. The van der Waals surface area contributed by atoms with E-state index in [9.17, 15) is 4.79 Å². The summed E-state index contributed by atoms with van der Waals surface area (Å²) in [5.74, 6) is 0.700. The van der Waals surface area contributed by atoms with E-state index in [1.165, 1.54) is 0 Å². The molecule has 0 aromatic heterocycles. The van der Waals surface area contributed by atoms with E-state index in [0.29, 0.717) is 11.3 Å². The van der Waals surface area contributed by atoms with Crippen molar-refractivity contribution in [2.75, 3.05) is 24.8 Å². The van der Waals surface area contributed by atoms with Crippen LogP contribution in [-0.4, -0.2) is 20.1 Å². The molecule has 0 bridgehead atoms. The fourth-order valence-electron chi connectivity index (χ4n) is 2.03. The maximum Gasteiger partial charge on any atom is 0.258 e. The van der Waals surface area contributed by atoms with E-state index in [-0.39, 0.29) is 5.91 Å². The van der Waals surface area contributed by atoms with Crippen LogP contribution >= 0.6 is 0 Å². The molecule has 2 rings (SSSR count). The summed E-state index contributed by atoms with van der Waals surface area (Å²) >= 11 is 0. The van der Waals surface area contributed by atoms with E-state index in [1.807, 2.05) is 31.2 Å². The molecule has 0 unspecified atom stereocenters. The summed E-state index contributed by atoms with van der Waals surface area (Å²) in [6, 6.07) is 12.7. The normalized spacial score (nSPS) is 10.2. The second-order valence-corrected chi connectivity index (χ2v) is 4.64. The van der Waals surface area contributed by atoms with Gasteiger partial charge in [0.05, 0.1) is 7.11 Å². The third-order valence-corrected chi connectivity index (χ3v) is 3.25. The van der Waals surface area contributed by atoms with Gasteiger partial charge in [-0.25, -0.2) is 0 Å². The lowest BCUT2D eigenvalue weighted by Gasteiger charge is -2.19. The number of methoxy groups -OCH3 is 1. The summed E-state index contributed by atoms with van der Waals surface area (Å²) in [4.78, 5) is 14.1. The second kappa shape index (κ2) is 5.65. The molecule has 0 saturated carbocycles. The zero-order valence-corrected chi connectivity index (χ0v) is 11.9. The van der Waals surface area contributed by atoms with E-state index in [0.717, 1.165) is 17.0 Å². The molecule has 4 nitrogen and oxygen atoms in total. The first kappa shape index (κ1) is 13.9. The number of aryl methyl sites for hydroxylation is 1. The number of hydrogen-bond acceptors (Lipinski definition) is 3. The largest absolute Gasteiger partial charge is 0.497 e. The van der Waals surface area contributed by atoms with Crippen molar-refractivity contribution in [3.63, 3.8) is 0 Å². The van der Waals surface area contributed by atoms with Gasteiger partial charge in [0.25, 0.3) is 5.91 Å². The molecule has 2 aromatic carbocycles. The van der Waals surface area contributed by atoms with Gasteiger partial charge in [0.15, 0.2) is 0 Å². The van der Waals surface area contributed by atoms with Crippen LogP contribution < -0.4 is 15.4 Å². The molecule has 2 N–H and O–H groups in total. The van der Waals surface area contributed by atoms with Gasteiger partial charge < -0.3 is 15.4 Å². The molecule has 0 saturated heterocycles. The van der Waals surface area contributed by atoms with Gasteiger partial charge in [0, 0.05) is 24.0 Å². The van der Waals surface area contributed by atoms with Gasteiger partial charge in [0.2, 0.25) is 0 Å². The first-order valence-electron chi connectivity index (χ1n) is 6.31. The molecular formula is C16H18N2O2. The zero-order valence-electron chi connectivity index (χ0n) is 11.9. The fourth-order valence-corrected chi connectivity index (χ4v) is 2.03. The molecule has 0 radical (unpaired) electrons. The standard InChI is InChI=1S/C16H18N2O2/c1-11-10-12(17)4-9-15(11)16(19)18(2)13-5-7-14(20-3)8-6-13/h4-10H,17H2,1-3H3. The quantitative estimate of drug-likeness (QED) is 0.872. The molecule has 0 aliphatic heterocycles. The highest BCUT2D eigenvalue weighted by Gasteiger charge is 2.15. The number of rotatable bonds is 3. The Morgan fingerprint density at radius 3 is 2.35 bits per heavy atom. The number of amides is 1. The van der Waals surface area contributed by atoms with Crippen molar-refractivity contribution >= 4 is 17.3 Å². The fraction of sp³-hybridized carbons (Fsp3) is 0.188. The van der Waals surface area contributed by atoms with E-state index in [1.54, 1.807) is 37.3 Å². The molecule has 20 heavy (non-hydrogen) atoms. The Morgan fingerprint density at radius 1 is 1.15 bits per heavy atom. The number of carbonyl (C=O) groups is 1. The molecule has 0 fully saturated rings. The van der Waals surface area contributed by atoms with Crippen LogP contribution in [0, 0.1) is 6.92 Å². The van der Waals surface area contributed by atoms with Gasteiger partial charge in [0.1, 0.15) is 5.75 Å². The van der Waals surface area contributed by atoms with Crippen molar-refractivity contribution in [1.82, 2.24) is 0 Å². The number of ether oxygens (including phenoxy) is 1. The van der Waals surface area contributed by atoms with E-state index in [4.69, 9.17) is 10.5 Å². The predicted octanol–water partition coefficient (Wildman–Crippen LogP) is 2.86. The third-order valence-electron chi connectivity index (χ3n) is 3.25. The summed E-state index contributed by atoms with van der Waals surface area (Å²) in [6.45, 7) is 1.88. The number of anilines is 2. The third kappa shape index (κ3) is 2.74. The summed E-state index contributed by atoms with van der Waals surface area (Å²) in [6.07, 6.45) is 0. The van der Waals surface area contributed by atoms with Gasteiger partial charge in [-0.2, -0.15) is 0 Å². The predicted molar refractivity (Wildman–Crippen MR) is 81.3 cm³/mol. The number of nitrogens with zero attached hydrogens (tertiary/aromatic N) is 1. The van der Waals surface area contributed by atoms with Gasteiger partial charge in [-0.3, -0.25) is 4.79 Å². The van der Waals surface area contributed by atoms with Gasteiger partial charge in [-0.1, -0.05) is 0 Å². The maximum atomic E-state index is 12.5. The number of hydrogen-bond donors (Lipinski definition) is 1. The Morgan fingerprint density at radius 2 is 1.80 bits per heavy atom. The Kier molecular flexibility index (Phi) is 3.94. The van der Waals surface area contributed by atoms with Crippen LogP contribution in [0.25, 0.3) is 0 Å². The number of nitrogen functional groups attached to an aromatic ring is 1. The van der Waals surface area contributed by atoms with Crippen molar-refractivity contribution in [1.29, 1.82) is 0 Å². The molecule has 4 heteroatoms. The molecule has 2 aromatic rings. The molecule has 1 amide bonds. The highest BCUT2D eigenvalue weighted by molar-refractivity contribution is 6.06. The average molecular weight is 270 g/mol. The van der Waals surface area contributed by atoms with E-state index < -0.39 is 0 Å². The van der Waals surface area contributed by atoms with Crippen molar-refractivity contribution in [2.24, 2.45) is 0 Å². The maximum absolute atomic E-state index is 12.5. The number of benzene rings is 2. The minimum absolute atomic E-state index is 0.0623. The minimum atomic E-state index is -0.0623. The van der Waals surface area contributed by atoms with Crippen molar-refractivity contribution in [3.8, 4) is 5.75 Å². The van der Waals surface area contributed by atoms with Crippen LogP contribution in [0.2, 0.25) is 0 Å². The Balaban J connectivity index is 2.27. The lowest BCUT2D eigenvalue weighted by molar-refractivity contribution is 0.0992. The summed E-state index contributed by atoms with van der Waals surface area (Å²) in [5.41, 5.74) is 8.70. The smallest absolute Gasteiger partial charge is 0.258 e. The van der Waals surface area contributed by atoms with Crippen LogP contribution in [0.5, 0.6) is 5.75 Å². The first-order chi connectivity index (χ1) is 9.52. The number of carbonyl (C=O) groups excluding carboxylic acids is 1. The molecule has 0 heterocycles. The van der Waals surface area contributed by atoms with Crippen molar-refractivity contribution in [3.05, 3.63) is 53.6 Å². The topological polar surface area (TPSA) is 55.6 Å². The van der Waals surface area contributed by atoms with Crippen LogP contribution in [0.4, 0.5) is 11.4 Å². The van der Waals surface area contributed by atoms with Gasteiger partial charge >= 0.3 is 0 Å². The summed E-state index contributed by atoms with van der Waals surface area (Å²) in [7, 11) is 3.36. The molecule has 0 aliphatic carbocycles. The Bertz CT molecular complexity index is 621. The number of nitrogens with two attached hydrogens (primary N) is 1. The van der Waals surface area contributed by atoms with E-state index >= 15 is 0 Å². The Labute approximate surface area is 118 Å². The van der Waals surface area contributed by atoms with Crippen LogP contribution in [0.3, 0.4) is 0 Å². The lowest BCUT2D eigenvalue weighted by Crippen LogP contribution is -2.26. The van der Waals surface area contributed by atoms with Crippen LogP contribution in [0.1, 0.15) is 15.9 Å².